The molecule has 0 fully saturated rings. The number of benzene rings is 1. The van der Waals surface area contributed by atoms with Gasteiger partial charge in [-0.15, -0.1) is 11.3 Å². The third-order valence-corrected chi connectivity index (χ3v) is 4.44. The average molecular weight is 353 g/mol. The van der Waals surface area contributed by atoms with E-state index < -0.39 is 5.97 Å². The lowest BCUT2D eigenvalue weighted by atomic mass is 10.2. The van der Waals surface area contributed by atoms with E-state index in [4.69, 9.17) is 28.3 Å². The molecule has 1 heterocycles. The van der Waals surface area contributed by atoms with E-state index in [0.717, 1.165) is 0 Å². The lowest BCUT2D eigenvalue weighted by Gasteiger charge is -2.05. The number of hydrogen-bond acceptors (Lipinski definition) is 3. The van der Waals surface area contributed by atoms with E-state index in [1.54, 1.807) is 12.1 Å². The van der Waals surface area contributed by atoms with Crippen molar-refractivity contribution in [2.75, 3.05) is 0 Å². The van der Waals surface area contributed by atoms with Gasteiger partial charge >= 0.3 is 5.97 Å². The van der Waals surface area contributed by atoms with Crippen molar-refractivity contribution < 1.29 is 9.90 Å². The van der Waals surface area contributed by atoms with Gasteiger partial charge in [0.15, 0.2) is 5.69 Å². The summed E-state index contributed by atoms with van der Waals surface area (Å²) in [7, 11) is 0. The molecule has 0 aliphatic rings. The van der Waals surface area contributed by atoms with Gasteiger partial charge in [-0.25, -0.2) is 9.78 Å². The van der Waals surface area contributed by atoms with E-state index in [1.807, 2.05) is 0 Å². The fraction of sp³-hybridized carbons (Fsp3) is 0. The van der Waals surface area contributed by atoms with Crippen LogP contribution < -0.4 is 0 Å². The van der Waals surface area contributed by atoms with Crippen molar-refractivity contribution in [1.29, 1.82) is 0 Å². The van der Waals surface area contributed by atoms with Gasteiger partial charge in [0, 0.05) is 15.4 Å². The van der Waals surface area contributed by atoms with Gasteiger partial charge in [-0.2, -0.15) is 0 Å². The summed E-state index contributed by atoms with van der Waals surface area (Å²) >= 11 is 16.6. The maximum atomic E-state index is 10.8. The van der Waals surface area contributed by atoms with Crippen LogP contribution in [0.4, 0.5) is 0 Å². The Morgan fingerprint density at radius 1 is 1.41 bits per heavy atom. The SMILES string of the molecule is O=C(O)c1csc(-c2c(Cl)ccc(Br)c2Cl)n1. The van der Waals surface area contributed by atoms with Crippen molar-refractivity contribution in [2.45, 2.75) is 0 Å². The monoisotopic (exact) mass is 351 g/mol. The first kappa shape index (κ1) is 12.8. The van der Waals surface area contributed by atoms with E-state index in [0.29, 0.717) is 25.1 Å². The summed E-state index contributed by atoms with van der Waals surface area (Å²) in [6.07, 6.45) is 0. The van der Waals surface area contributed by atoms with E-state index in [9.17, 15) is 4.79 Å². The van der Waals surface area contributed by atoms with Crippen LogP contribution in [0.5, 0.6) is 0 Å². The molecular formula is C10H4BrCl2NO2S. The van der Waals surface area contributed by atoms with Gasteiger partial charge < -0.3 is 5.11 Å². The van der Waals surface area contributed by atoms with Crippen molar-refractivity contribution in [3.8, 4) is 10.6 Å². The molecule has 1 aromatic carbocycles. The fourth-order valence-electron chi connectivity index (χ4n) is 1.21. The molecule has 0 spiro atoms. The van der Waals surface area contributed by atoms with E-state index in [-0.39, 0.29) is 5.69 Å². The number of carboxylic acids is 1. The average Bonchev–Trinajstić information content (AvgIpc) is 2.73. The van der Waals surface area contributed by atoms with Crippen molar-refractivity contribution in [3.05, 3.63) is 37.7 Å². The Kier molecular flexibility index (Phi) is 3.73. The molecule has 88 valence electrons. The first-order valence-electron chi connectivity index (χ1n) is 4.33. The second-order valence-corrected chi connectivity index (χ2v) is 5.56. The molecule has 0 unspecified atom stereocenters. The van der Waals surface area contributed by atoms with Crippen LogP contribution in [0, 0.1) is 0 Å². The van der Waals surface area contributed by atoms with Crippen LogP contribution in [-0.4, -0.2) is 16.1 Å². The molecule has 0 bridgehead atoms. The number of carboxylic acid groups (broad SMARTS) is 1. The summed E-state index contributed by atoms with van der Waals surface area (Å²) in [4.78, 5) is 14.7. The third-order valence-electron chi connectivity index (χ3n) is 1.98. The zero-order valence-corrected chi connectivity index (χ0v) is 12.0. The van der Waals surface area contributed by atoms with Gasteiger partial charge in [0.05, 0.1) is 10.0 Å². The molecule has 17 heavy (non-hydrogen) atoms. The Morgan fingerprint density at radius 2 is 2.12 bits per heavy atom. The van der Waals surface area contributed by atoms with Crippen LogP contribution in [0.3, 0.4) is 0 Å². The first-order chi connectivity index (χ1) is 8.00. The number of halogens is 3. The summed E-state index contributed by atoms with van der Waals surface area (Å²) in [6, 6.07) is 3.40. The van der Waals surface area contributed by atoms with E-state index >= 15 is 0 Å². The Balaban J connectivity index is 2.60. The minimum atomic E-state index is -1.07. The van der Waals surface area contributed by atoms with Crippen LogP contribution in [-0.2, 0) is 0 Å². The van der Waals surface area contributed by atoms with Gasteiger partial charge in [0.1, 0.15) is 5.01 Å². The number of nitrogens with zero attached hydrogens (tertiary/aromatic N) is 1. The normalized spacial score (nSPS) is 10.5. The van der Waals surface area contributed by atoms with Crippen molar-refractivity contribution in [2.24, 2.45) is 0 Å². The molecule has 0 saturated carbocycles. The van der Waals surface area contributed by atoms with Gasteiger partial charge in [-0.1, -0.05) is 23.2 Å². The highest BCUT2D eigenvalue weighted by atomic mass is 79.9. The molecule has 0 saturated heterocycles. The van der Waals surface area contributed by atoms with Crippen LogP contribution in [0.25, 0.3) is 10.6 Å². The van der Waals surface area contributed by atoms with E-state index in [1.165, 1.54) is 16.7 Å². The topological polar surface area (TPSA) is 50.2 Å². The summed E-state index contributed by atoms with van der Waals surface area (Å²) in [6.45, 7) is 0. The van der Waals surface area contributed by atoms with E-state index in [2.05, 4.69) is 20.9 Å². The largest absolute Gasteiger partial charge is 0.476 e. The summed E-state index contributed by atoms with van der Waals surface area (Å²) in [5.74, 6) is -1.07. The number of hydrogen-bond donors (Lipinski definition) is 1. The van der Waals surface area contributed by atoms with Gasteiger partial charge in [0.25, 0.3) is 0 Å². The van der Waals surface area contributed by atoms with Crippen LogP contribution in [0.2, 0.25) is 10.0 Å². The minimum Gasteiger partial charge on any atom is -0.476 e. The highest BCUT2D eigenvalue weighted by molar-refractivity contribution is 9.10. The molecule has 7 heteroatoms. The molecule has 1 N–H and O–H groups in total. The summed E-state index contributed by atoms with van der Waals surface area (Å²) in [5.41, 5.74) is 0.525. The van der Waals surface area contributed by atoms with Crippen LogP contribution in [0.1, 0.15) is 10.5 Å². The molecule has 2 aromatic rings. The number of aromatic nitrogens is 1. The lowest BCUT2D eigenvalue weighted by molar-refractivity contribution is 0.0691. The molecule has 3 nitrogen and oxygen atoms in total. The van der Waals surface area contributed by atoms with Crippen molar-refractivity contribution in [3.63, 3.8) is 0 Å². The zero-order chi connectivity index (χ0) is 12.6. The molecular weight excluding hydrogens is 349 g/mol. The lowest BCUT2D eigenvalue weighted by Crippen LogP contribution is -1.95. The molecule has 0 radical (unpaired) electrons. The molecule has 1 aromatic heterocycles. The molecule has 0 amide bonds. The predicted octanol–water partition coefficient (Wildman–Crippen LogP) is 4.58. The first-order valence-corrected chi connectivity index (χ1v) is 6.76. The Bertz CT molecular complexity index is 600. The van der Waals surface area contributed by atoms with Crippen molar-refractivity contribution >= 4 is 56.4 Å². The van der Waals surface area contributed by atoms with Crippen LogP contribution in [0.15, 0.2) is 22.0 Å². The Hall–Kier alpha value is -0.620. The minimum absolute atomic E-state index is 0.0166. The third kappa shape index (κ3) is 2.47. The summed E-state index contributed by atoms with van der Waals surface area (Å²) < 4.78 is 0.686. The van der Waals surface area contributed by atoms with Crippen LogP contribution >= 0.6 is 50.5 Å². The number of carbonyl (C=O) groups is 1. The Labute approximate surface area is 119 Å². The second-order valence-electron chi connectivity index (χ2n) is 3.06. The molecule has 0 aliphatic heterocycles. The van der Waals surface area contributed by atoms with Gasteiger partial charge in [0.2, 0.25) is 0 Å². The zero-order valence-electron chi connectivity index (χ0n) is 8.08. The van der Waals surface area contributed by atoms with Crippen molar-refractivity contribution in [1.82, 2.24) is 4.98 Å². The number of thiazole rings is 1. The number of aromatic carboxylic acids is 1. The number of rotatable bonds is 2. The second kappa shape index (κ2) is 4.94. The molecule has 0 atom stereocenters. The highest BCUT2D eigenvalue weighted by Crippen LogP contribution is 2.40. The smallest absolute Gasteiger partial charge is 0.355 e. The summed E-state index contributed by atoms with van der Waals surface area (Å²) in [5, 5.41) is 11.6. The highest BCUT2D eigenvalue weighted by Gasteiger charge is 2.16. The van der Waals surface area contributed by atoms with Gasteiger partial charge in [-0.05, 0) is 28.1 Å². The van der Waals surface area contributed by atoms with Gasteiger partial charge in [-0.3, -0.25) is 0 Å². The maximum absolute atomic E-state index is 10.8. The predicted molar refractivity (Wildman–Crippen MR) is 72.2 cm³/mol. The standard InChI is InChI=1S/C10H4BrCl2NO2S/c11-4-1-2-5(12)7(8(4)13)9-14-6(3-17-9)10(15)16/h1-3H,(H,15,16). The Morgan fingerprint density at radius 3 is 2.71 bits per heavy atom. The quantitative estimate of drug-likeness (QED) is 0.805. The molecule has 2 rings (SSSR count). The maximum Gasteiger partial charge on any atom is 0.355 e. The fourth-order valence-corrected chi connectivity index (χ4v) is 3.06. The molecule has 0 aliphatic carbocycles.